The summed E-state index contributed by atoms with van der Waals surface area (Å²) < 4.78 is 0. The van der Waals surface area contributed by atoms with E-state index in [4.69, 9.17) is 5.11 Å². The zero-order valence-electron chi connectivity index (χ0n) is 13.8. The molecule has 0 aliphatic heterocycles. The molecule has 1 aromatic carbocycles. The first-order chi connectivity index (χ1) is 11.5. The van der Waals surface area contributed by atoms with Gasteiger partial charge >= 0.3 is 5.97 Å². The van der Waals surface area contributed by atoms with E-state index < -0.39 is 5.97 Å². The molecule has 5 nitrogen and oxygen atoms in total. The highest BCUT2D eigenvalue weighted by Crippen LogP contribution is 2.26. The van der Waals surface area contributed by atoms with Crippen LogP contribution in [0.3, 0.4) is 0 Å². The molecule has 0 radical (unpaired) electrons. The quantitative estimate of drug-likeness (QED) is 0.819. The second-order valence-corrected chi connectivity index (χ2v) is 7.16. The Hall–Kier alpha value is -1.82. The van der Waals surface area contributed by atoms with E-state index in [9.17, 15) is 14.4 Å². The van der Waals surface area contributed by atoms with Crippen LogP contribution in [0.1, 0.15) is 43.0 Å². The van der Waals surface area contributed by atoms with Crippen LogP contribution in [-0.2, 0) is 9.59 Å². The van der Waals surface area contributed by atoms with Gasteiger partial charge in [0.15, 0.2) is 0 Å². The van der Waals surface area contributed by atoms with E-state index in [-0.39, 0.29) is 29.5 Å². The predicted octanol–water partition coefficient (Wildman–Crippen LogP) is 3.05. The van der Waals surface area contributed by atoms with E-state index >= 15 is 0 Å². The average molecular weight is 349 g/mol. The van der Waals surface area contributed by atoms with Gasteiger partial charge in [-0.3, -0.25) is 14.4 Å². The van der Waals surface area contributed by atoms with Gasteiger partial charge in [-0.1, -0.05) is 61.9 Å². The lowest BCUT2D eigenvalue weighted by Crippen LogP contribution is -2.45. The van der Waals surface area contributed by atoms with Crippen molar-refractivity contribution >= 4 is 28.8 Å². The number of rotatable bonds is 7. The van der Waals surface area contributed by atoms with Crippen LogP contribution in [0.2, 0.25) is 0 Å². The van der Waals surface area contributed by atoms with Gasteiger partial charge in [0.05, 0.1) is 0 Å². The molecule has 1 amide bonds. The monoisotopic (exact) mass is 349 g/mol. The van der Waals surface area contributed by atoms with Crippen molar-refractivity contribution in [2.75, 3.05) is 12.3 Å². The second kappa shape index (κ2) is 8.87. The molecule has 0 saturated heterocycles. The third-order valence-electron chi connectivity index (χ3n) is 4.25. The second-order valence-electron chi connectivity index (χ2n) is 6.16. The molecule has 2 rings (SSSR count). The third-order valence-corrected chi connectivity index (χ3v) is 5.41. The molecule has 1 unspecified atom stereocenters. The first kappa shape index (κ1) is 18.5. The minimum atomic E-state index is -0.990. The number of amides is 1. The van der Waals surface area contributed by atoms with Gasteiger partial charge in [0.1, 0.15) is 6.54 Å². The molecule has 0 aromatic heterocycles. The fraction of sp³-hybridized carbons (Fsp3) is 0.500. The summed E-state index contributed by atoms with van der Waals surface area (Å²) in [5.41, 5.74) is 0.611. The van der Waals surface area contributed by atoms with Crippen molar-refractivity contribution in [2.24, 2.45) is 5.92 Å². The maximum absolute atomic E-state index is 12.7. The van der Waals surface area contributed by atoms with E-state index in [2.05, 4.69) is 0 Å². The Kier molecular flexibility index (Phi) is 6.85. The molecule has 1 fully saturated rings. The number of carboxylic acids is 1. The summed E-state index contributed by atoms with van der Waals surface area (Å²) >= 11 is 1.11. The normalized spacial score (nSPS) is 15.9. The number of hydrogen-bond acceptors (Lipinski definition) is 4. The minimum absolute atomic E-state index is 0.0193. The smallest absolute Gasteiger partial charge is 0.323 e. The van der Waals surface area contributed by atoms with E-state index in [0.29, 0.717) is 11.3 Å². The Bertz CT molecular complexity index is 584. The molecule has 1 aliphatic rings. The number of carboxylic acid groups (broad SMARTS) is 1. The van der Waals surface area contributed by atoms with Gasteiger partial charge in [-0.2, -0.15) is 0 Å². The van der Waals surface area contributed by atoms with Gasteiger partial charge in [-0.25, -0.2) is 0 Å². The SMILES string of the molecule is CC(CSC(=O)c1ccccc1)C(=O)N(CC(=O)O)C1CCCC1. The summed E-state index contributed by atoms with van der Waals surface area (Å²) in [4.78, 5) is 37.4. The lowest BCUT2D eigenvalue weighted by Gasteiger charge is -2.29. The molecule has 1 saturated carbocycles. The van der Waals surface area contributed by atoms with Gasteiger partial charge in [-0.05, 0) is 12.8 Å². The van der Waals surface area contributed by atoms with Gasteiger partial charge in [0.25, 0.3) is 0 Å². The number of carbonyl (C=O) groups excluding carboxylic acids is 2. The number of nitrogens with zero attached hydrogens (tertiary/aromatic N) is 1. The Morgan fingerprint density at radius 1 is 1.21 bits per heavy atom. The van der Waals surface area contributed by atoms with Crippen molar-refractivity contribution in [2.45, 2.75) is 38.6 Å². The van der Waals surface area contributed by atoms with E-state index in [1.807, 2.05) is 6.07 Å². The van der Waals surface area contributed by atoms with Crippen LogP contribution in [0.5, 0.6) is 0 Å². The van der Waals surface area contributed by atoms with Crippen molar-refractivity contribution < 1.29 is 19.5 Å². The van der Waals surface area contributed by atoms with Crippen LogP contribution in [0.15, 0.2) is 30.3 Å². The molecule has 0 heterocycles. The topological polar surface area (TPSA) is 74.7 Å². The molecule has 130 valence electrons. The van der Waals surface area contributed by atoms with Crippen molar-refractivity contribution in [3.8, 4) is 0 Å². The summed E-state index contributed by atoms with van der Waals surface area (Å²) in [6.45, 7) is 1.50. The highest BCUT2D eigenvalue weighted by Gasteiger charge is 2.31. The number of hydrogen-bond donors (Lipinski definition) is 1. The molecule has 0 bridgehead atoms. The molecule has 1 aromatic rings. The Morgan fingerprint density at radius 3 is 2.42 bits per heavy atom. The molecule has 1 N–H and O–H groups in total. The molecular weight excluding hydrogens is 326 g/mol. The summed E-state index contributed by atoms with van der Waals surface area (Å²) in [5, 5.41) is 9.02. The standard InChI is InChI=1S/C18H23NO4S/c1-13(12-24-18(23)14-7-3-2-4-8-14)17(22)19(11-16(20)21)15-9-5-6-10-15/h2-4,7-8,13,15H,5-6,9-12H2,1H3,(H,20,21). The van der Waals surface area contributed by atoms with Crippen molar-refractivity contribution in [1.82, 2.24) is 4.90 Å². The first-order valence-corrected chi connectivity index (χ1v) is 9.22. The van der Waals surface area contributed by atoms with Crippen LogP contribution in [-0.4, -0.2) is 45.3 Å². The van der Waals surface area contributed by atoms with Crippen LogP contribution in [0.25, 0.3) is 0 Å². The summed E-state index contributed by atoms with van der Waals surface area (Å²) in [6.07, 6.45) is 3.79. The highest BCUT2D eigenvalue weighted by molar-refractivity contribution is 8.14. The number of benzene rings is 1. The predicted molar refractivity (Wildman–Crippen MR) is 94.0 cm³/mol. The van der Waals surface area contributed by atoms with Crippen LogP contribution in [0, 0.1) is 5.92 Å². The maximum atomic E-state index is 12.7. The summed E-state index contributed by atoms with van der Waals surface area (Å²) in [5.74, 6) is -1.19. The van der Waals surface area contributed by atoms with Gasteiger partial charge < -0.3 is 10.0 Å². The van der Waals surface area contributed by atoms with Crippen LogP contribution < -0.4 is 0 Å². The number of thioether (sulfide) groups is 1. The van der Waals surface area contributed by atoms with Crippen molar-refractivity contribution in [3.63, 3.8) is 0 Å². The Balaban J connectivity index is 1.93. The van der Waals surface area contributed by atoms with E-state index in [1.165, 1.54) is 4.90 Å². The van der Waals surface area contributed by atoms with Gasteiger partial charge in [-0.15, -0.1) is 0 Å². The molecule has 1 atom stereocenters. The van der Waals surface area contributed by atoms with Gasteiger partial charge in [0.2, 0.25) is 11.0 Å². The zero-order chi connectivity index (χ0) is 17.5. The Labute approximate surface area is 146 Å². The fourth-order valence-electron chi connectivity index (χ4n) is 2.96. The minimum Gasteiger partial charge on any atom is -0.480 e. The lowest BCUT2D eigenvalue weighted by atomic mass is 10.1. The Morgan fingerprint density at radius 2 is 1.83 bits per heavy atom. The highest BCUT2D eigenvalue weighted by atomic mass is 32.2. The molecular formula is C18H23NO4S. The van der Waals surface area contributed by atoms with E-state index in [1.54, 1.807) is 31.2 Å². The van der Waals surface area contributed by atoms with Crippen LogP contribution >= 0.6 is 11.8 Å². The van der Waals surface area contributed by atoms with E-state index in [0.717, 1.165) is 37.4 Å². The molecule has 6 heteroatoms. The molecule has 1 aliphatic carbocycles. The maximum Gasteiger partial charge on any atom is 0.323 e. The average Bonchev–Trinajstić information content (AvgIpc) is 3.11. The van der Waals surface area contributed by atoms with Crippen LogP contribution in [0.4, 0.5) is 0 Å². The van der Waals surface area contributed by atoms with Gasteiger partial charge in [0, 0.05) is 23.3 Å². The fourth-order valence-corrected chi connectivity index (χ4v) is 3.81. The first-order valence-electron chi connectivity index (χ1n) is 8.23. The zero-order valence-corrected chi connectivity index (χ0v) is 14.6. The summed E-state index contributed by atoms with van der Waals surface area (Å²) in [7, 11) is 0. The number of aliphatic carboxylic acids is 1. The molecule has 24 heavy (non-hydrogen) atoms. The van der Waals surface area contributed by atoms with Crippen molar-refractivity contribution in [1.29, 1.82) is 0 Å². The largest absolute Gasteiger partial charge is 0.480 e. The lowest BCUT2D eigenvalue weighted by molar-refractivity contribution is -0.147. The molecule has 0 spiro atoms. The van der Waals surface area contributed by atoms with Crippen molar-refractivity contribution in [3.05, 3.63) is 35.9 Å². The number of carbonyl (C=O) groups is 3. The third kappa shape index (κ3) is 5.09. The summed E-state index contributed by atoms with van der Waals surface area (Å²) in [6, 6.07) is 8.97.